The predicted octanol–water partition coefficient (Wildman–Crippen LogP) is 20.1. The minimum absolute atomic E-state index is 0.143. The van der Waals surface area contributed by atoms with Crippen LogP contribution >= 0.6 is 0 Å². The van der Waals surface area contributed by atoms with E-state index in [0.717, 1.165) is 103 Å². The average molecular weight is 1170 g/mol. The average Bonchev–Trinajstić information content (AvgIpc) is 3.55. The number of carbonyl (C=O) groups excluding carboxylic acids is 3. The molecule has 0 fully saturated rings. The summed E-state index contributed by atoms with van der Waals surface area (Å²) in [5.41, 5.74) is 0. The molecule has 0 rings (SSSR count). The van der Waals surface area contributed by atoms with Gasteiger partial charge in [-0.25, -0.2) is 0 Å². The third-order valence-corrected chi connectivity index (χ3v) is 14.8. The molecule has 0 bridgehead atoms. The second-order valence-corrected chi connectivity index (χ2v) is 24.1. The van der Waals surface area contributed by atoms with Crippen LogP contribution in [0.5, 0.6) is 0 Å². The topological polar surface area (TPSA) is 111 Å². The lowest BCUT2D eigenvalue weighted by Crippen LogP contribution is -2.44. The molecule has 2 unspecified atom stereocenters. The van der Waals surface area contributed by atoms with Gasteiger partial charge in [0.15, 0.2) is 12.4 Å². The largest absolute Gasteiger partial charge is 0.545 e. The number of aliphatic carboxylic acids is 1. The second kappa shape index (κ2) is 64.9. The first kappa shape index (κ1) is 80.0. The predicted molar refractivity (Wildman–Crippen MR) is 357 cm³/mol. The third-order valence-electron chi connectivity index (χ3n) is 14.8. The molecule has 0 aromatic carbocycles. The maximum Gasteiger partial charge on any atom is 0.306 e. The lowest BCUT2D eigenvalue weighted by atomic mass is 10.0. The molecule has 0 saturated heterocycles. The molecule has 9 nitrogen and oxygen atoms in total. The number of allylic oxidation sites excluding steroid dienone is 18. The minimum Gasteiger partial charge on any atom is -0.545 e. The van der Waals surface area contributed by atoms with Gasteiger partial charge in [0.25, 0.3) is 0 Å². The molecule has 0 aliphatic rings. The molecule has 0 aliphatic heterocycles. The Hall–Kier alpha value is -4.05. The van der Waals surface area contributed by atoms with Crippen molar-refractivity contribution in [1.82, 2.24) is 0 Å². The van der Waals surface area contributed by atoms with Gasteiger partial charge in [0, 0.05) is 12.8 Å². The van der Waals surface area contributed by atoms with Gasteiger partial charge in [-0.3, -0.25) is 9.59 Å². The quantitative estimate of drug-likeness (QED) is 0.0195. The van der Waals surface area contributed by atoms with Crippen LogP contribution in [0.25, 0.3) is 0 Å². The number of esters is 2. The highest BCUT2D eigenvalue weighted by atomic mass is 16.7. The smallest absolute Gasteiger partial charge is 0.306 e. The van der Waals surface area contributed by atoms with E-state index >= 15 is 0 Å². The van der Waals surface area contributed by atoms with Gasteiger partial charge in [-0.15, -0.1) is 0 Å². The zero-order valence-electron chi connectivity index (χ0n) is 55.0. The van der Waals surface area contributed by atoms with Gasteiger partial charge in [0.2, 0.25) is 0 Å². The minimum atomic E-state index is -1.63. The van der Waals surface area contributed by atoms with Crippen LogP contribution in [0.1, 0.15) is 290 Å². The zero-order chi connectivity index (χ0) is 61.2. The molecule has 0 spiro atoms. The number of carbonyl (C=O) groups is 3. The van der Waals surface area contributed by atoms with E-state index in [1.54, 1.807) is 0 Å². The third kappa shape index (κ3) is 65.5. The van der Waals surface area contributed by atoms with Crippen molar-refractivity contribution in [2.45, 2.75) is 302 Å². The number of hydrogen-bond acceptors (Lipinski definition) is 8. The number of rotatable bonds is 63. The molecule has 482 valence electrons. The lowest BCUT2D eigenvalue weighted by molar-refractivity contribution is -0.870. The van der Waals surface area contributed by atoms with E-state index in [4.69, 9.17) is 18.9 Å². The monoisotopic (exact) mass is 1170 g/mol. The first-order valence-electron chi connectivity index (χ1n) is 34.5. The van der Waals surface area contributed by atoms with Crippen LogP contribution in [0.4, 0.5) is 0 Å². The molecular weight excluding hydrogens is 1040 g/mol. The number of carboxylic acid groups (broad SMARTS) is 1. The Balaban J connectivity index is 4.16. The molecule has 0 aromatic heterocycles. The van der Waals surface area contributed by atoms with Gasteiger partial charge in [-0.2, -0.15) is 0 Å². The maximum atomic E-state index is 12.9. The molecule has 0 aromatic rings. The van der Waals surface area contributed by atoms with Crippen molar-refractivity contribution in [1.29, 1.82) is 0 Å². The van der Waals surface area contributed by atoms with Crippen LogP contribution in [0.15, 0.2) is 109 Å². The van der Waals surface area contributed by atoms with Crippen molar-refractivity contribution in [3.63, 3.8) is 0 Å². The number of carboxylic acids is 1. The summed E-state index contributed by atoms with van der Waals surface area (Å²) in [7, 11) is 5.93. The summed E-state index contributed by atoms with van der Waals surface area (Å²) in [5.74, 6) is -2.28. The zero-order valence-corrected chi connectivity index (χ0v) is 55.0. The number of ether oxygens (including phenoxy) is 4. The van der Waals surface area contributed by atoms with Crippen LogP contribution in [0.3, 0.4) is 0 Å². The molecule has 0 amide bonds. The van der Waals surface area contributed by atoms with Gasteiger partial charge in [-0.1, -0.05) is 303 Å². The fraction of sp³-hybridized carbons (Fsp3) is 0.720. The molecule has 84 heavy (non-hydrogen) atoms. The summed E-state index contributed by atoms with van der Waals surface area (Å²) in [6.07, 6.45) is 87.3. The summed E-state index contributed by atoms with van der Waals surface area (Å²) in [4.78, 5) is 37.5. The number of hydrogen-bond donors (Lipinski definition) is 0. The molecule has 9 heteroatoms. The van der Waals surface area contributed by atoms with E-state index in [1.807, 2.05) is 21.1 Å². The Morgan fingerprint density at radius 2 is 0.679 bits per heavy atom. The Morgan fingerprint density at radius 1 is 0.369 bits per heavy atom. The van der Waals surface area contributed by atoms with E-state index in [1.165, 1.54) is 154 Å². The van der Waals surface area contributed by atoms with Crippen molar-refractivity contribution in [3.05, 3.63) is 109 Å². The lowest BCUT2D eigenvalue weighted by Gasteiger charge is -2.26. The number of quaternary nitrogens is 1. The van der Waals surface area contributed by atoms with Crippen molar-refractivity contribution in [2.75, 3.05) is 47.5 Å². The van der Waals surface area contributed by atoms with E-state index in [2.05, 4.69) is 123 Å². The van der Waals surface area contributed by atoms with Gasteiger partial charge in [-0.05, 0) is 83.5 Å². The van der Waals surface area contributed by atoms with Gasteiger partial charge >= 0.3 is 11.9 Å². The molecule has 2 atom stereocenters. The van der Waals surface area contributed by atoms with Crippen LogP contribution in [0, 0.1) is 0 Å². The summed E-state index contributed by atoms with van der Waals surface area (Å²) < 4.78 is 22.8. The first-order valence-corrected chi connectivity index (χ1v) is 34.5. The molecule has 0 radical (unpaired) electrons. The molecule has 0 N–H and O–H groups in total. The highest BCUT2D eigenvalue weighted by molar-refractivity contribution is 5.70. The number of unbranched alkanes of at least 4 members (excludes halogenated alkanes) is 30. The molecule has 0 heterocycles. The normalized spacial score (nSPS) is 13.4. The number of nitrogens with zero attached hydrogens (tertiary/aromatic N) is 1. The standard InChI is InChI=1S/C75H129NO8/c1-6-8-10-12-14-16-18-20-22-24-26-28-30-31-32-33-34-35-36-37-38-39-40-41-42-43-44-46-48-50-52-54-56-58-60-62-64-66-73(78)84-71(70-83-75(74(79)80)81-68-67-76(3,4)5)69-82-72(77)65-63-61-59-57-55-53-51-49-47-45-29-27-25-23-21-19-17-15-13-11-9-7-2/h8,10,14,16,20,22,26,28,31-32,34-35,37-38,40-41,43-44,71,75H,6-7,9,11-13,15,17-19,21,23-25,27,29-30,33,36,39,42,45-70H2,1-5H3/b10-8-,16-14-,22-20-,28-26-,32-31-,35-34-,38-37-,41-40-,44-43-. The Labute approximate surface area is 517 Å². The Bertz CT molecular complexity index is 1750. The van der Waals surface area contributed by atoms with Crippen molar-refractivity contribution in [3.8, 4) is 0 Å². The second-order valence-electron chi connectivity index (χ2n) is 24.1. The Morgan fingerprint density at radius 3 is 1.01 bits per heavy atom. The fourth-order valence-corrected chi connectivity index (χ4v) is 9.53. The van der Waals surface area contributed by atoms with Gasteiger partial charge < -0.3 is 33.3 Å². The SMILES string of the molecule is CC/C=C\C/C=C\C/C=C\C/C=C\C/C=C\C/C=C\C/C=C\C/C=C\C/C=C\CCCCCCCCCCCC(=O)OC(COC(=O)CCCCCCCCCCCCCCCCCCCCCCCC)COC(OCC[N+](C)(C)C)C(=O)[O-]. The van der Waals surface area contributed by atoms with Crippen LogP contribution in [-0.4, -0.2) is 82.3 Å². The van der Waals surface area contributed by atoms with Crippen molar-refractivity contribution in [2.24, 2.45) is 0 Å². The number of likely N-dealkylation sites (N-methyl/N-ethyl adjacent to an activating group) is 1. The summed E-state index contributed by atoms with van der Waals surface area (Å²) >= 11 is 0. The van der Waals surface area contributed by atoms with Crippen LogP contribution in [0.2, 0.25) is 0 Å². The summed E-state index contributed by atoms with van der Waals surface area (Å²) in [5, 5.41) is 11.8. The van der Waals surface area contributed by atoms with Crippen molar-refractivity contribution < 1.29 is 42.9 Å². The van der Waals surface area contributed by atoms with E-state index in [9.17, 15) is 19.5 Å². The van der Waals surface area contributed by atoms with Crippen molar-refractivity contribution >= 4 is 17.9 Å². The molecule has 0 saturated carbocycles. The summed E-state index contributed by atoms with van der Waals surface area (Å²) in [6, 6.07) is 0. The highest BCUT2D eigenvalue weighted by Crippen LogP contribution is 2.17. The highest BCUT2D eigenvalue weighted by Gasteiger charge is 2.22. The van der Waals surface area contributed by atoms with Crippen LogP contribution in [-0.2, 0) is 33.3 Å². The molecular formula is C75H129NO8. The van der Waals surface area contributed by atoms with Gasteiger partial charge in [0.1, 0.15) is 13.2 Å². The van der Waals surface area contributed by atoms with E-state index in [-0.39, 0.29) is 32.2 Å². The Kier molecular flexibility index (Phi) is 61.8. The van der Waals surface area contributed by atoms with E-state index < -0.39 is 24.3 Å². The summed E-state index contributed by atoms with van der Waals surface area (Å²) in [6.45, 7) is 4.65. The first-order chi connectivity index (χ1) is 41.1. The van der Waals surface area contributed by atoms with Gasteiger partial charge in [0.05, 0.1) is 40.3 Å². The maximum absolute atomic E-state index is 12.9. The molecule has 0 aliphatic carbocycles. The van der Waals surface area contributed by atoms with Crippen LogP contribution < -0.4 is 5.11 Å². The van der Waals surface area contributed by atoms with E-state index in [0.29, 0.717) is 23.9 Å². The fourth-order valence-electron chi connectivity index (χ4n) is 9.53.